The van der Waals surface area contributed by atoms with Gasteiger partial charge in [0, 0.05) is 26.0 Å². The summed E-state index contributed by atoms with van der Waals surface area (Å²) in [7, 11) is 0. The van der Waals surface area contributed by atoms with Gasteiger partial charge in [0.05, 0.1) is 11.1 Å². The van der Waals surface area contributed by atoms with E-state index in [2.05, 4.69) is 25.9 Å². The van der Waals surface area contributed by atoms with Gasteiger partial charge in [-0.2, -0.15) is 0 Å². The summed E-state index contributed by atoms with van der Waals surface area (Å²) in [6, 6.07) is 17.3. The first-order valence-corrected chi connectivity index (χ1v) is 10.4. The van der Waals surface area contributed by atoms with Crippen LogP contribution in [0.3, 0.4) is 0 Å². The van der Waals surface area contributed by atoms with E-state index in [1.54, 1.807) is 0 Å². The number of halogens is 2. The van der Waals surface area contributed by atoms with Crippen molar-refractivity contribution in [2.24, 2.45) is 0 Å². The monoisotopic (exact) mass is 467 g/mol. The van der Waals surface area contributed by atoms with E-state index in [0.29, 0.717) is 21.9 Å². The van der Waals surface area contributed by atoms with E-state index in [0.717, 1.165) is 26.9 Å². The summed E-state index contributed by atoms with van der Waals surface area (Å²) in [6.45, 7) is 6.02. The van der Waals surface area contributed by atoms with Gasteiger partial charge < -0.3 is 4.98 Å². The third kappa shape index (κ3) is 3.85. The molecule has 0 amide bonds. The molecular formula is C23H19BrClN3O. The van der Waals surface area contributed by atoms with Crippen molar-refractivity contribution >= 4 is 38.6 Å². The molecule has 4 rings (SSSR count). The molecule has 0 saturated heterocycles. The first kappa shape index (κ1) is 19.8. The third-order valence-electron chi connectivity index (χ3n) is 4.69. The van der Waals surface area contributed by atoms with Crippen LogP contribution in [0.4, 0.5) is 0 Å². The number of H-pyrrole nitrogens is 1. The van der Waals surface area contributed by atoms with Crippen LogP contribution in [0.5, 0.6) is 0 Å². The molecule has 2 aromatic carbocycles. The number of benzene rings is 2. The lowest BCUT2D eigenvalue weighted by Crippen LogP contribution is -2.22. The molecule has 0 aliphatic heterocycles. The molecule has 2 aromatic heterocycles. The van der Waals surface area contributed by atoms with Gasteiger partial charge in [0.2, 0.25) is 0 Å². The Kier molecular flexibility index (Phi) is 5.05. The van der Waals surface area contributed by atoms with Gasteiger partial charge in [0.25, 0.3) is 5.56 Å². The second kappa shape index (κ2) is 7.39. The van der Waals surface area contributed by atoms with Crippen LogP contribution in [0.25, 0.3) is 33.4 Å². The number of hydrogen-bond acceptors (Lipinski definition) is 3. The SMILES string of the molecule is CC(C)(C)c1nc2nc(-c3ccccc3Br)c(-c3ccc(Cl)cc3)cc2c(=O)[nH]1. The van der Waals surface area contributed by atoms with E-state index < -0.39 is 0 Å². The summed E-state index contributed by atoms with van der Waals surface area (Å²) in [5.41, 5.74) is 3.40. The van der Waals surface area contributed by atoms with Crippen molar-refractivity contribution in [2.75, 3.05) is 0 Å². The minimum Gasteiger partial charge on any atom is -0.309 e. The van der Waals surface area contributed by atoms with E-state index in [-0.39, 0.29) is 11.0 Å². The maximum atomic E-state index is 12.8. The maximum Gasteiger partial charge on any atom is 0.260 e. The van der Waals surface area contributed by atoms with E-state index >= 15 is 0 Å². The fourth-order valence-electron chi connectivity index (χ4n) is 3.13. The summed E-state index contributed by atoms with van der Waals surface area (Å²) < 4.78 is 0.919. The number of aromatic amines is 1. The van der Waals surface area contributed by atoms with Crippen LogP contribution < -0.4 is 5.56 Å². The molecule has 6 heteroatoms. The van der Waals surface area contributed by atoms with Gasteiger partial charge in [-0.1, -0.05) is 78.6 Å². The molecule has 4 aromatic rings. The van der Waals surface area contributed by atoms with Crippen LogP contribution >= 0.6 is 27.5 Å². The molecule has 0 atom stereocenters. The van der Waals surface area contributed by atoms with E-state index in [1.807, 2.05) is 75.4 Å². The van der Waals surface area contributed by atoms with Crippen molar-refractivity contribution in [2.45, 2.75) is 26.2 Å². The van der Waals surface area contributed by atoms with Gasteiger partial charge in [-0.15, -0.1) is 0 Å². The first-order chi connectivity index (χ1) is 13.7. The molecule has 29 heavy (non-hydrogen) atoms. The molecule has 1 N–H and O–H groups in total. The largest absolute Gasteiger partial charge is 0.309 e. The summed E-state index contributed by atoms with van der Waals surface area (Å²) in [4.78, 5) is 25.3. The van der Waals surface area contributed by atoms with Crippen molar-refractivity contribution in [3.05, 3.63) is 80.3 Å². The van der Waals surface area contributed by atoms with Crippen molar-refractivity contribution < 1.29 is 0 Å². The molecule has 0 aliphatic carbocycles. The van der Waals surface area contributed by atoms with Crippen molar-refractivity contribution in [3.63, 3.8) is 0 Å². The molecule has 0 fully saturated rings. The lowest BCUT2D eigenvalue weighted by Gasteiger charge is -2.18. The minimum absolute atomic E-state index is 0.193. The Bertz CT molecular complexity index is 1270. The third-order valence-corrected chi connectivity index (χ3v) is 5.63. The average Bonchev–Trinajstić information content (AvgIpc) is 2.67. The van der Waals surface area contributed by atoms with Crippen molar-refractivity contribution in [1.29, 1.82) is 0 Å². The highest BCUT2D eigenvalue weighted by Crippen LogP contribution is 2.36. The summed E-state index contributed by atoms with van der Waals surface area (Å²) >= 11 is 9.70. The zero-order chi connectivity index (χ0) is 20.8. The predicted molar refractivity (Wildman–Crippen MR) is 122 cm³/mol. The summed E-state index contributed by atoms with van der Waals surface area (Å²) in [5, 5.41) is 1.11. The highest BCUT2D eigenvalue weighted by molar-refractivity contribution is 9.10. The zero-order valence-corrected chi connectivity index (χ0v) is 18.6. The Hall–Kier alpha value is -2.50. The zero-order valence-electron chi connectivity index (χ0n) is 16.3. The molecule has 2 heterocycles. The predicted octanol–water partition coefficient (Wildman–Crippen LogP) is 6.37. The Morgan fingerprint density at radius 2 is 1.66 bits per heavy atom. The van der Waals surface area contributed by atoms with Crippen molar-refractivity contribution in [3.8, 4) is 22.4 Å². The molecule has 0 bridgehead atoms. The summed E-state index contributed by atoms with van der Waals surface area (Å²) in [5.74, 6) is 0.611. The van der Waals surface area contributed by atoms with Crippen LogP contribution in [0.15, 0.2) is 63.9 Å². The van der Waals surface area contributed by atoms with E-state index in [4.69, 9.17) is 16.6 Å². The van der Waals surface area contributed by atoms with Gasteiger partial charge >= 0.3 is 0 Å². The second-order valence-corrected chi connectivity index (χ2v) is 9.20. The lowest BCUT2D eigenvalue weighted by atomic mass is 9.95. The van der Waals surface area contributed by atoms with Crippen LogP contribution in [0.2, 0.25) is 5.02 Å². The van der Waals surface area contributed by atoms with Crippen LogP contribution in [0.1, 0.15) is 26.6 Å². The molecule has 0 radical (unpaired) electrons. The van der Waals surface area contributed by atoms with E-state index in [9.17, 15) is 4.79 Å². The van der Waals surface area contributed by atoms with Crippen LogP contribution in [-0.2, 0) is 5.41 Å². The molecule has 0 aliphatic rings. The quantitative estimate of drug-likeness (QED) is 0.372. The van der Waals surface area contributed by atoms with Gasteiger partial charge in [0.1, 0.15) is 5.82 Å². The minimum atomic E-state index is -0.294. The van der Waals surface area contributed by atoms with Crippen LogP contribution in [-0.4, -0.2) is 15.0 Å². The fourth-order valence-corrected chi connectivity index (χ4v) is 3.73. The lowest BCUT2D eigenvalue weighted by molar-refractivity contribution is 0.545. The standard InChI is InChI=1S/C23H19BrClN3O/c1-23(2,3)22-27-20-17(21(29)28-22)12-16(13-8-10-14(25)11-9-13)19(26-20)15-6-4-5-7-18(15)24/h4-12H,1-3H3,(H,26,27,28,29). The normalized spacial score (nSPS) is 11.8. The van der Waals surface area contributed by atoms with Gasteiger partial charge in [0.15, 0.2) is 5.65 Å². The molecule has 4 nitrogen and oxygen atoms in total. The number of nitrogens with one attached hydrogen (secondary N) is 1. The second-order valence-electron chi connectivity index (χ2n) is 7.91. The Morgan fingerprint density at radius 3 is 2.31 bits per heavy atom. The molecular weight excluding hydrogens is 450 g/mol. The number of rotatable bonds is 2. The number of nitrogens with zero attached hydrogens (tertiary/aromatic N) is 2. The average molecular weight is 469 g/mol. The molecule has 0 spiro atoms. The van der Waals surface area contributed by atoms with E-state index in [1.165, 1.54) is 0 Å². The smallest absolute Gasteiger partial charge is 0.260 e. The van der Waals surface area contributed by atoms with Gasteiger partial charge in [-0.25, -0.2) is 9.97 Å². The maximum absolute atomic E-state index is 12.8. The highest BCUT2D eigenvalue weighted by atomic mass is 79.9. The molecule has 0 saturated carbocycles. The summed E-state index contributed by atoms with van der Waals surface area (Å²) in [6.07, 6.45) is 0. The van der Waals surface area contributed by atoms with Crippen molar-refractivity contribution in [1.82, 2.24) is 15.0 Å². The topological polar surface area (TPSA) is 58.6 Å². The van der Waals surface area contributed by atoms with Gasteiger partial charge in [-0.3, -0.25) is 4.79 Å². The fraction of sp³-hybridized carbons (Fsp3) is 0.174. The Balaban J connectivity index is 2.08. The molecule has 146 valence electrons. The first-order valence-electron chi connectivity index (χ1n) is 9.20. The number of hydrogen-bond donors (Lipinski definition) is 1. The Morgan fingerprint density at radius 1 is 0.966 bits per heavy atom. The van der Waals surface area contributed by atoms with Crippen LogP contribution in [0, 0.1) is 0 Å². The number of aromatic nitrogens is 3. The molecule has 0 unspecified atom stereocenters. The Labute approximate surface area is 182 Å². The number of fused-ring (bicyclic) bond motifs is 1. The number of pyridine rings is 1. The highest BCUT2D eigenvalue weighted by Gasteiger charge is 2.21. The van der Waals surface area contributed by atoms with Gasteiger partial charge in [-0.05, 0) is 29.8 Å².